The Morgan fingerprint density at radius 3 is 2.50 bits per heavy atom. The van der Waals surface area contributed by atoms with E-state index in [1.165, 1.54) is 0 Å². The van der Waals surface area contributed by atoms with Crippen molar-refractivity contribution in [3.8, 4) is 11.5 Å². The molecule has 3 rings (SSSR count). The molecular formula is C20H21Cl2NO3. The van der Waals surface area contributed by atoms with Crippen molar-refractivity contribution in [1.29, 1.82) is 0 Å². The molecule has 0 radical (unpaired) electrons. The van der Waals surface area contributed by atoms with Crippen LogP contribution in [0.3, 0.4) is 0 Å². The minimum Gasteiger partial charge on any atom is -0.490 e. The molecule has 4 nitrogen and oxygen atoms in total. The standard InChI is InChI=1S/C20H21Cl2NO3/c1-23(13-15-3-6-16(21)17(22)11-15)20(24)8-5-14-4-7-18-19(12-14)26-10-2-9-25-18/h3-4,6-7,11-12H,2,5,8-10,13H2,1H3. The molecule has 0 atom stereocenters. The SMILES string of the molecule is CN(Cc1ccc(Cl)c(Cl)c1)C(=O)CCc1ccc2c(c1)OCCCO2. The van der Waals surface area contributed by atoms with Gasteiger partial charge < -0.3 is 14.4 Å². The zero-order valence-electron chi connectivity index (χ0n) is 14.6. The van der Waals surface area contributed by atoms with Gasteiger partial charge in [0.25, 0.3) is 0 Å². The van der Waals surface area contributed by atoms with Crippen LogP contribution in [0.5, 0.6) is 11.5 Å². The van der Waals surface area contributed by atoms with Gasteiger partial charge in [-0.2, -0.15) is 0 Å². The van der Waals surface area contributed by atoms with Crippen LogP contribution in [-0.2, 0) is 17.8 Å². The van der Waals surface area contributed by atoms with Crippen LogP contribution in [-0.4, -0.2) is 31.1 Å². The first kappa shape index (κ1) is 18.9. The normalized spacial score (nSPS) is 13.2. The summed E-state index contributed by atoms with van der Waals surface area (Å²) in [4.78, 5) is 14.1. The fourth-order valence-electron chi connectivity index (χ4n) is 2.81. The van der Waals surface area contributed by atoms with Gasteiger partial charge in [-0.1, -0.05) is 35.3 Å². The third-order valence-corrected chi connectivity index (χ3v) is 5.01. The highest BCUT2D eigenvalue weighted by atomic mass is 35.5. The molecule has 0 saturated carbocycles. The third-order valence-electron chi connectivity index (χ3n) is 4.27. The maximum Gasteiger partial charge on any atom is 0.222 e. The monoisotopic (exact) mass is 393 g/mol. The Morgan fingerprint density at radius 2 is 1.73 bits per heavy atom. The maximum atomic E-state index is 12.4. The second kappa shape index (κ2) is 8.65. The molecule has 1 heterocycles. The van der Waals surface area contributed by atoms with Gasteiger partial charge in [0.1, 0.15) is 0 Å². The van der Waals surface area contributed by atoms with E-state index in [4.69, 9.17) is 32.7 Å². The molecule has 0 bridgehead atoms. The summed E-state index contributed by atoms with van der Waals surface area (Å²) in [6.45, 7) is 1.82. The Labute approximate surface area is 163 Å². The highest BCUT2D eigenvalue weighted by Gasteiger charge is 2.13. The van der Waals surface area contributed by atoms with E-state index in [9.17, 15) is 4.79 Å². The van der Waals surface area contributed by atoms with E-state index in [1.54, 1.807) is 24.1 Å². The number of nitrogens with zero attached hydrogens (tertiary/aromatic N) is 1. The Hall–Kier alpha value is -1.91. The van der Waals surface area contributed by atoms with E-state index in [2.05, 4.69) is 0 Å². The fraction of sp³-hybridized carbons (Fsp3) is 0.350. The molecule has 0 aromatic heterocycles. The van der Waals surface area contributed by atoms with Gasteiger partial charge in [0.15, 0.2) is 11.5 Å². The van der Waals surface area contributed by atoms with Crippen LogP contribution in [0, 0.1) is 0 Å². The molecule has 1 aliphatic rings. The van der Waals surface area contributed by atoms with Crippen LogP contribution in [0.15, 0.2) is 36.4 Å². The molecule has 1 amide bonds. The molecule has 0 aliphatic carbocycles. The van der Waals surface area contributed by atoms with Crippen LogP contribution in [0.2, 0.25) is 10.0 Å². The van der Waals surface area contributed by atoms with Crippen molar-refractivity contribution in [2.24, 2.45) is 0 Å². The van der Waals surface area contributed by atoms with Gasteiger partial charge in [0, 0.05) is 26.4 Å². The van der Waals surface area contributed by atoms with E-state index in [-0.39, 0.29) is 5.91 Å². The van der Waals surface area contributed by atoms with Crippen molar-refractivity contribution in [3.63, 3.8) is 0 Å². The van der Waals surface area contributed by atoms with Gasteiger partial charge in [-0.25, -0.2) is 0 Å². The quantitative estimate of drug-likeness (QED) is 0.735. The maximum absolute atomic E-state index is 12.4. The zero-order valence-corrected chi connectivity index (χ0v) is 16.1. The number of carbonyl (C=O) groups is 1. The van der Waals surface area contributed by atoms with Crippen molar-refractivity contribution >= 4 is 29.1 Å². The minimum atomic E-state index is 0.0724. The van der Waals surface area contributed by atoms with Crippen LogP contribution in [0.25, 0.3) is 0 Å². The van der Waals surface area contributed by atoms with Crippen LogP contribution < -0.4 is 9.47 Å². The molecule has 1 aliphatic heterocycles. The number of aryl methyl sites for hydroxylation is 1. The average Bonchev–Trinajstić information content (AvgIpc) is 2.87. The summed E-state index contributed by atoms with van der Waals surface area (Å²) < 4.78 is 11.3. The summed E-state index contributed by atoms with van der Waals surface area (Å²) in [5, 5.41) is 1.01. The van der Waals surface area contributed by atoms with E-state index in [0.717, 1.165) is 29.0 Å². The Morgan fingerprint density at radius 1 is 1.00 bits per heavy atom. The van der Waals surface area contributed by atoms with Crippen molar-refractivity contribution < 1.29 is 14.3 Å². The molecule has 26 heavy (non-hydrogen) atoms. The molecular weight excluding hydrogens is 373 g/mol. The number of carbonyl (C=O) groups excluding carboxylic acids is 1. The van der Waals surface area contributed by atoms with Gasteiger partial charge in [-0.3, -0.25) is 4.79 Å². The lowest BCUT2D eigenvalue weighted by molar-refractivity contribution is -0.130. The van der Waals surface area contributed by atoms with Crippen LogP contribution in [0.4, 0.5) is 0 Å². The predicted molar refractivity (Wildman–Crippen MR) is 103 cm³/mol. The molecule has 6 heteroatoms. The van der Waals surface area contributed by atoms with Gasteiger partial charge in [0.05, 0.1) is 23.3 Å². The van der Waals surface area contributed by atoms with Crippen molar-refractivity contribution in [2.45, 2.75) is 25.8 Å². The molecule has 2 aromatic rings. The lowest BCUT2D eigenvalue weighted by atomic mass is 10.1. The number of rotatable bonds is 5. The first-order valence-corrected chi connectivity index (χ1v) is 9.35. The van der Waals surface area contributed by atoms with Crippen LogP contribution in [0.1, 0.15) is 24.0 Å². The highest BCUT2D eigenvalue weighted by molar-refractivity contribution is 6.42. The number of hydrogen-bond acceptors (Lipinski definition) is 3. The number of amides is 1. The van der Waals surface area contributed by atoms with Gasteiger partial charge in [-0.05, 0) is 41.8 Å². The molecule has 2 aromatic carbocycles. The van der Waals surface area contributed by atoms with E-state index in [0.29, 0.717) is 42.6 Å². The molecule has 0 saturated heterocycles. The summed E-state index contributed by atoms with van der Waals surface area (Å²) in [6.07, 6.45) is 1.96. The first-order chi connectivity index (χ1) is 12.5. The largest absolute Gasteiger partial charge is 0.490 e. The number of benzene rings is 2. The Kier molecular flexibility index (Phi) is 6.28. The van der Waals surface area contributed by atoms with Crippen molar-refractivity contribution in [1.82, 2.24) is 4.90 Å². The molecule has 0 N–H and O–H groups in total. The average molecular weight is 394 g/mol. The summed E-state index contributed by atoms with van der Waals surface area (Å²) in [6, 6.07) is 11.3. The lowest BCUT2D eigenvalue weighted by Crippen LogP contribution is -2.26. The molecule has 0 unspecified atom stereocenters. The smallest absolute Gasteiger partial charge is 0.222 e. The lowest BCUT2D eigenvalue weighted by Gasteiger charge is -2.18. The number of hydrogen-bond donors (Lipinski definition) is 0. The van der Waals surface area contributed by atoms with E-state index < -0.39 is 0 Å². The predicted octanol–water partition coefficient (Wildman–Crippen LogP) is 4.75. The minimum absolute atomic E-state index is 0.0724. The summed E-state index contributed by atoms with van der Waals surface area (Å²) in [5.41, 5.74) is 2.01. The van der Waals surface area contributed by atoms with Crippen molar-refractivity contribution in [2.75, 3.05) is 20.3 Å². The molecule has 0 spiro atoms. The first-order valence-electron chi connectivity index (χ1n) is 8.59. The second-order valence-electron chi connectivity index (χ2n) is 6.33. The Balaban J connectivity index is 1.56. The molecule has 138 valence electrons. The van der Waals surface area contributed by atoms with Gasteiger partial charge >= 0.3 is 0 Å². The molecule has 0 fully saturated rings. The fourth-order valence-corrected chi connectivity index (χ4v) is 3.13. The van der Waals surface area contributed by atoms with E-state index in [1.807, 2.05) is 24.3 Å². The zero-order chi connectivity index (χ0) is 18.5. The van der Waals surface area contributed by atoms with Gasteiger partial charge in [-0.15, -0.1) is 0 Å². The third kappa shape index (κ3) is 4.83. The summed E-state index contributed by atoms with van der Waals surface area (Å²) in [5.74, 6) is 1.61. The number of fused-ring (bicyclic) bond motifs is 1. The Bertz CT molecular complexity index is 795. The number of halogens is 2. The highest BCUT2D eigenvalue weighted by Crippen LogP contribution is 2.30. The summed E-state index contributed by atoms with van der Waals surface area (Å²) >= 11 is 12.0. The van der Waals surface area contributed by atoms with Gasteiger partial charge in [0.2, 0.25) is 5.91 Å². The summed E-state index contributed by atoms with van der Waals surface area (Å²) in [7, 11) is 1.79. The van der Waals surface area contributed by atoms with Crippen LogP contribution >= 0.6 is 23.2 Å². The van der Waals surface area contributed by atoms with Crippen molar-refractivity contribution in [3.05, 3.63) is 57.6 Å². The second-order valence-corrected chi connectivity index (χ2v) is 7.14. The number of ether oxygens (including phenoxy) is 2. The topological polar surface area (TPSA) is 38.8 Å². The van der Waals surface area contributed by atoms with E-state index >= 15 is 0 Å².